The Balaban J connectivity index is 1.67. The highest BCUT2D eigenvalue weighted by molar-refractivity contribution is 6.68. The lowest BCUT2D eigenvalue weighted by Gasteiger charge is -2.50. The maximum atomic E-state index is 6.75. The van der Waals surface area contributed by atoms with Gasteiger partial charge in [0.15, 0.2) is 0 Å². The Bertz CT molecular complexity index is 573. The lowest BCUT2D eigenvalue weighted by Crippen LogP contribution is -2.66. The summed E-state index contributed by atoms with van der Waals surface area (Å²) in [7, 11) is -6.02. The van der Waals surface area contributed by atoms with E-state index < -0.39 is 17.6 Å². The van der Waals surface area contributed by atoms with Crippen molar-refractivity contribution >= 4 is 17.6 Å². The lowest BCUT2D eigenvalue weighted by molar-refractivity contribution is -0.0918. The molecule has 7 unspecified atom stereocenters. The van der Waals surface area contributed by atoms with Gasteiger partial charge in [0.25, 0.3) is 0 Å². The van der Waals surface area contributed by atoms with E-state index in [9.17, 15) is 0 Å². The summed E-state index contributed by atoms with van der Waals surface area (Å²) in [6, 6.07) is 0.685. The Morgan fingerprint density at radius 2 is 0.906 bits per heavy atom. The van der Waals surface area contributed by atoms with Crippen LogP contribution in [0, 0.1) is 0 Å². The summed E-state index contributed by atoms with van der Waals surface area (Å²) in [5.41, 5.74) is 0.0766. The predicted octanol–water partition coefficient (Wildman–Crippen LogP) is 2.73. The molecule has 6 aliphatic heterocycles. The van der Waals surface area contributed by atoms with E-state index >= 15 is 0 Å². The third-order valence-corrected chi connectivity index (χ3v) is 14.3. The van der Waals surface area contributed by atoms with Crippen molar-refractivity contribution in [2.24, 2.45) is 0 Å². The molecule has 6 saturated heterocycles. The smallest absolute Gasteiger partial charge is 0.369 e. The van der Waals surface area contributed by atoms with Gasteiger partial charge in [-0.15, -0.1) is 0 Å². The first-order chi connectivity index (χ1) is 15.1. The van der Waals surface area contributed by atoms with Gasteiger partial charge in [-0.2, -0.15) is 0 Å². The van der Waals surface area contributed by atoms with Gasteiger partial charge in [-0.1, -0.05) is 6.92 Å². The van der Waals surface area contributed by atoms with Crippen LogP contribution < -0.4 is 0 Å². The topological polar surface area (TPSA) is 61.9 Å². The summed E-state index contributed by atoms with van der Waals surface area (Å²) in [6.45, 7) is 20.6. The Kier molecular flexibility index (Phi) is 7.88. The molecule has 0 spiro atoms. The first-order valence-electron chi connectivity index (χ1n) is 12.6. The van der Waals surface area contributed by atoms with Gasteiger partial charge in [-0.05, 0) is 48.0 Å². The number of hydrogen-bond acceptors (Lipinski definition) is 8. The first-order valence-corrected chi connectivity index (χ1v) is 16.3. The molecule has 8 nitrogen and oxygen atoms in total. The van der Waals surface area contributed by atoms with E-state index in [1.807, 2.05) is 0 Å². The minimum Gasteiger partial charge on any atom is -0.369 e. The fraction of sp³-hybridized carbons (Fsp3) is 1.00. The van der Waals surface area contributed by atoms with Crippen LogP contribution in [0.15, 0.2) is 0 Å². The summed E-state index contributed by atoms with van der Waals surface area (Å²) >= 11 is 0. The van der Waals surface area contributed by atoms with E-state index in [-0.39, 0.29) is 42.2 Å². The zero-order valence-electron chi connectivity index (χ0n) is 21.0. The Hall–Kier alpha value is 0.114. The van der Waals surface area contributed by atoms with Gasteiger partial charge in [0.2, 0.25) is 0 Å². The Morgan fingerprint density at radius 1 is 0.594 bits per heavy atom. The van der Waals surface area contributed by atoms with Crippen molar-refractivity contribution in [2.75, 3.05) is 39.3 Å². The molecule has 32 heavy (non-hydrogen) atoms. The molecule has 186 valence electrons. The summed E-state index contributed by atoms with van der Waals surface area (Å²) in [5.74, 6) is 0. The predicted molar refractivity (Wildman–Crippen MR) is 127 cm³/mol. The van der Waals surface area contributed by atoms with E-state index in [2.05, 4.69) is 58.3 Å². The number of rotatable bonds is 4. The SMILES string of the molecule is CCC(C[Si]12OC(C)CN(CC(C)O1)CC(C)O2)[Si]12OC(C)CN(CC(C)O1)CC(C)O2. The Labute approximate surface area is 196 Å². The molecule has 10 heteroatoms. The van der Waals surface area contributed by atoms with Crippen LogP contribution in [0.2, 0.25) is 11.6 Å². The van der Waals surface area contributed by atoms with Crippen LogP contribution in [-0.2, 0) is 26.6 Å². The van der Waals surface area contributed by atoms with Gasteiger partial charge in [0.1, 0.15) is 0 Å². The zero-order valence-corrected chi connectivity index (χ0v) is 23.0. The molecule has 0 amide bonds. The molecule has 0 radical (unpaired) electrons. The molecule has 0 aromatic carbocycles. The van der Waals surface area contributed by atoms with E-state index in [1.54, 1.807) is 0 Å². The largest absolute Gasteiger partial charge is 0.505 e. The third kappa shape index (κ3) is 5.67. The van der Waals surface area contributed by atoms with Crippen molar-refractivity contribution < 1.29 is 26.6 Å². The molecule has 4 bridgehead atoms. The second-order valence-electron chi connectivity index (χ2n) is 10.6. The maximum absolute atomic E-state index is 6.75. The van der Waals surface area contributed by atoms with Crippen LogP contribution in [0.4, 0.5) is 0 Å². The van der Waals surface area contributed by atoms with Crippen molar-refractivity contribution in [2.45, 2.75) is 103 Å². The molecule has 0 aromatic heterocycles. The summed E-state index contributed by atoms with van der Waals surface area (Å²) in [6.07, 6.45) is 1.30. The second-order valence-corrected chi connectivity index (χ2v) is 15.8. The van der Waals surface area contributed by atoms with Crippen LogP contribution >= 0.6 is 0 Å². The van der Waals surface area contributed by atoms with Crippen LogP contribution in [0.3, 0.4) is 0 Å². The van der Waals surface area contributed by atoms with Gasteiger partial charge in [-0.3, -0.25) is 9.80 Å². The van der Waals surface area contributed by atoms with Gasteiger partial charge in [-0.25, -0.2) is 0 Å². The number of hydrogen-bond donors (Lipinski definition) is 0. The molecule has 6 aliphatic rings. The molecule has 6 heterocycles. The van der Waals surface area contributed by atoms with Gasteiger partial charge < -0.3 is 26.6 Å². The van der Waals surface area contributed by atoms with Crippen LogP contribution in [0.5, 0.6) is 0 Å². The molecular formula is C22H44N2O6Si2. The highest BCUT2D eigenvalue weighted by atomic mass is 28.4. The molecule has 7 atom stereocenters. The zero-order chi connectivity index (χ0) is 23.1. The standard InChI is InChI=1S/C22H44N2O6Si2/c1-8-22(32-28-19(5)12-24(13-20(6)29-32)14-21(7)30-32)15-31-25-16(2)9-23(10-17(3)26-31)11-18(4)27-31/h16-22H,8-15H2,1-7H3. The average molecular weight is 489 g/mol. The summed E-state index contributed by atoms with van der Waals surface area (Å²) < 4.78 is 40.3. The molecule has 0 aromatic rings. The fourth-order valence-electron chi connectivity index (χ4n) is 6.03. The van der Waals surface area contributed by atoms with Crippen molar-refractivity contribution in [3.05, 3.63) is 0 Å². The molecular weight excluding hydrogens is 444 g/mol. The van der Waals surface area contributed by atoms with Crippen molar-refractivity contribution in [3.8, 4) is 0 Å². The van der Waals surface area contributed by atoms with Crippen LogP contribution in [0.1, 0.15) is 54.9 Å². The van der Waals surface area contributed by atoms with E-state index in [0.717, 1.165) is 45.7 Å². The number of fused-ring (bicyclic) bond motifs is 12. The normalized spacial score (nSPS) is 51.1. The van der Waals surface area contributed by atoms with Crippen molar-refractivity contribution in [1.82, 2.24) is 9.80 Å². The van der Waals surface area contributed by atoms with Gasteiger partial charge in [0, 0.05) is 50.9 Å². The molecule has 0 saturated carbocycles. The lowest BCUT2D eigenvalue weighted by atomic mass is 10.2. The second kappa shape index (κ2) is 10.0. The fourth-order valence-corrected chi connectivity index (χ4v) is 14.3. The molecule has 6 rings (SSSR count). The van der Waals surface area contributed by atoms with Crippen molar-refractivity contribution in [1.29, 1.82) is 0 Å². The minimum atomic E-state index is -3.03. The van der Waals surface area contributed by atoms with Crippen LogP contribution in [-0.4, -0.2) is 103 Å². The average Bonchev–Trinajstić information content (AvgIpc) is 2.60. The molecule has 0 N–H and O–H groups in total. The quantitative estimate of drug-likeness (QED) is 0.560. The highest BCUT2D eigenvalue weighted by Gasteiger charge is 2.60. The first kappa shape index (κ1) is 25.2. The highest BCUT2D eigenvalue weighted by Crippen LogP contribution is 2.43. The summed E-state index contributed by atoms with van der Waals surface area (Å²) in [4.78, 5) is 4.81. The number of nitrogens with zero attached hydrogens (tertiary/aromatic N) is 2. The van der Waals surface area contributed by atoms with E-state index in [0.29, 0.717) is 6.04 Å². The van der Waals surface area contributed by atoms with Gasteiger partial charge in [0.05, 0.1) is 36.6 Å². The van der Waals surface area contributed by atoms with E-state index in [1.165, 1.54) is 0 Å². The van der Waals surface area contributed by atoms with Crippen molar-refractivity contribution in [3.63, 3.8) is 0 Å². The summed E-state index contributed by atoms with van der Waals surface area (Å²) in [5, 5.41) is 0. The maximum Gasteiger partial charge on any atom is 0.505 e. The Morgan fingerprint density at radius 3 is 1.22 bits per heavy atom. The minimum absolute atomic E-state index is 0.0673. The van der Waals surface area contributed by atoms with Gasteiger partial charge >= 0.3 is 17.6 Å². The monoisotopic (exact) mass is 488 g/mol. The van der Waals surface area contributed by atoms with Crippen LogP contribution in [0.25, 0.3) is 0 Å². The molecule has 0 aliphatic carbocycles. The molecule has 6 fully saturated rings. The third-order valence-electron chi connectivity index (χ3n) is 6.82. The van der Waals surface area contributed by atoms with E-state index in [4.69, 9.17) is 26.6 Å².